The van der Waals surface area contributed by atoms with E-state index >= 15 is 0 Å². The largest absolute Gasteiger partial charge is 0.477 e. The molecule has 0 radical (unpaired) electrons. The third-order valence-electron chi connectivity index (χ3n) is 5.94. The van der Waals surface area contributed by atoms with Crippen LogP contribution in [0.1, 0.15) is 53.6 Å². The Hall–Kier alpha value is -2.34. The summed E-state index contributed by atoms with van der Waals surface area (Å²) in [5.41, 5.74) is 9.52. The second-order valence-corrected chi connectivity index (χ2v) is 7.80. The van der Waals surface area contributed by atoms with Crippen molar-refractivity contribution in [2.24, 2.45) is 11.7 Å². The fraction of sp³-hybridized carbons (Fsp3) is 0.500. The number of rotatable bonds is 4. The monoisotopic (exact) mass is 355 g/mol. The molecule has 1 aliphatic carbocycles. The van der Waals surface area contributed by atoms with E-state index in [9.17, 15) is 14.7 Å². The molecule has 3 N–H and O–H groups in total. The summed E-state index contributed by atoms with van der Waals surface area (Å²) in [4.78, 5) is 26.5. The van der Waals surface area contributed by atoms with Crippen molar-refractivity contribution >= 4 is 17.2 Å². The number of carbonyl (C=O) groups is 1. The number of nitrogens with zero attached hydrogens (tertiary/aromatic N) is 2. The first kappa shape index (κ1) is 17.1. The van der Waals surface area contributed by atoms with Gasteiger partial charge >= 0.3 is 5.97 Å². The van der Waals surface area contributed by atoms with Gasteiger partial charge in [-0.3, -0.25) is 9.20 Å². The van der Waals surface area contributed by atoms with Crippen LogP contribution in [0.25, 0.3) is 5.52 Å². The summed E-state index contributed by atoms with van der Waals surface area (Å²) >= 11 is 0. The number of aryl methyl sites for hydroxylation is 1. The van der Waals surface area contributed by atoms with E-state index in [1.54, 1.807) is 12.3 Å². The van der Waals surface area contributed by atoms with Crippen molar-refractivity contribution < 1.29 is 9.90 Å². The number of carboxylic acids is 1. The molecule has 6 heteroatoms. The van der Waals surface area contributed by atoms with Crippen LogP contribution >= 0.6 is 0 Å². The van der Waals surface area contributed by atoms with Gasteiger partial charge in [-0.15, -0.1) is 0 Å². The quantitative estimate of drug-likeness (QED) is 0.879. The lowest BCUT2D eigenvalue weighted by Gasteiger charge is -2.24. The highest BCUT2D eigenvalue weighted by molar-refractivity contribution is 5.89. The van der Waals surface area contributed by atoms with Crippen molar-refractivity contribution in [3.63, 3.8) is 0 Å². The van der Waals surface area contributed by atoms with Gasteiger partial charge in [-0.2, -0.15) is 0 Å². The van der Waals surface area contributed by atoms with Crippen molar-refractivity contribution in [2.45, 2.75) is 45.1 Å². The maximum Gasteiger partial charge on any atom is 0.341 e. The number of hydrogen-bond donors (Lipinski definition) is 2. The zero-order chi connectivity index (χ0) is 18.6. The number of anilines is 1. The maximum absolute atomic E-state index is 12.6. The molecule has 3 heterocycles. The fourth-order valence-corrected chi connectivity index (χ4v) is 4.22. The molecule has 1 aliphatic heterocycles. The highest BCUT2D eigenvalue weighted by Gasteiger charge is 2.31. The highest BCUT2D eigenvalue weighted by Crippen LogP contribution is 2.43. The second-order valence-electron chi connectivity index (χ2n) is 7.80. The minimum absolute atomic E-state index is 0.144. The van der Waals surface area contributed by atoms with Crippen molar-refractivity contribution in [3.05, 3.63) is 45.4 Å². The highest BCUT2D eigenvalue weighted by atomic mass is 16.4. The smallest absolute Gasteiger partial charge is 0.341 e. The van der Waals surface area contributed by atoms with E-state index in [0.29, 0.717) is 11.8 Å². The third kappa shape index (κ3) is 2.69. The lowest BCUT2D eigenvalue weighted by molar-refractivity contribution is 0.0694. The summed E-state index contributed by atoms with van der Waals surface area (Å²) in [7, 11) is 0. The molecule has 1 saturated carbocycles. The molecule has 26 heavy (non-hydrogen) atoms. The number of aromatic carboxylic acids is 1. The van der Waals surface area contributed by atoms with Crippen LogP contribution in [0.2, 0.25) is 0 Å². The summed E-state index contributed by atoms with van der Waals surface area (Å²) in [6.45, 7) is 5.97. The van der Waals surface area contributed by atoms with Gasteiger partial charge in [0.2, 0.25) is 0 Å². The lowest BCUT2D eigenvalue weighted by atomic mass is 10.0. The van der Waals surface area contributed by atoms with Crippen LogP contribution in [0.15, 0.2) is 23.1 Å². The topological polar surface area (TPSA) is 88.0 Å². The van der Waals surface area contributed by atoms with E-state index in [-0.39, 0.29) is 11.6 Å². The number of fused-ring (bicyclic) bond motifs is 1. The van der Waals surface area contributed by atoms with Gasteiger partial charge in [0.05, 0.1) is 5.52 Å². The van der Waals surface area contributed by atoms with Crippen LogP contribution in [-0.4, -0.2) is 34.6 Å². The Morgan fingerprint density at radius 3 is 2.65 bits per heavy atom. The van der Waals surface area contributed by atoms with Crippen molar-refractivity contribution in [1.29, 1.82) is 0 Å². The molecule has 2 aliphatic rings. The molecular formula is C20H25N3O3. The van der Waals surface area contributed by atoms with E-state index in [2.05, 4.69) is 11.8 Å². The molecule has 0 unspecified atom stereocenters. The van der Waals surface area contributed by atoms with Crippen molar-refractivity contribution in [2.75, 3.05) is 18.0 Å². The van der Waals surface area contributed by atoms with Gasteiger partial charge in [0.15, 0.2) is 0 Å². The van der Waals surface area contributed by atoms with Crippen LogP contribution in [-0.2, 0) is 0 Å². The van der Waals surface area contributed by atoms with Gasteiger partial charge in [-0.25, -0.2) is 4.79 Å². The predicted octanol–water partition coefficient (Wildman–Crippen LogP) is 2.36. The van der Waals surface area contributed by atoms with Gasteiger partial charge in [0.1, 0.15) is 5.56 Å². The summed E-state index contributed by atoms with van der Waals surface area (Å²) in [6.07, 6.45) is 4.90. The van der Waals surface area contributed by atoms with Gasteiger partial charge in [-0.1, -0.05) is 0 Å². The number of aromatic nitrogens is 1. The minimum atomic E-state index is -1.16. The molecule has 4 rings (SSSR count). The minimum Gasteiger partial charge on any atom is -0.477 e. The molecule has 2 aromatic rings. The summed E-state index contributed by atoms with van der Waals surface area (Å²) in [5, 5.41) is 9.40. The average Bonchev–Trinajstić information content (AvgIpc) is 3.31. The molecule has 1 saturated heterocycles. The van der Waals surface area contributed by atoms with E-state index in [0.717, 1.165) is 54.7 Å². The van der Waals surface area contributed by atoms with Crippen LogP contribution in [0.4, 0.5) is 5.69 Å². The Labute approximate surface area is 152 Å². The van der Waals surface area contributed by atoms with E-state index in [1.165, 1.54) is 4.40 Å². The lowest BCUT2D eigenvalue weighted by Crippen LogP contribution is -2.30. The molecule has 0 spiro atoms. The summed E-state index contributed by atoms with van der Waals surface area (Å²) in [5.74, 6) is -0.328. The van der Waals surface area contributed by atoms with Gasteiger partial charge in [0.25, 0.3) is 5.56 Å². The Morgan fingerprint density at radius 2 is 2.08 bits per heavy atom. The normalized spacial score (nSPS) is 21.3. The first-order valence-corrected chi connectivity index (χ1v) is 9.31. The molecule has 0 bridgehead atoms. The summed E-state index contributed by atoms with van der Waals surface area (Å²) in [6, 6.07) is 3.71. The number of pyridine rings is 2. The predicted molar refractivity (Wildman–Crippen MR) is 101 cm³/mol. The maximum atomic E-state index is 12.6. The Bertz CT molecular complexity index is 943. The summed E-state index contributed by atoms with van der Waals surface area (Å²) < 4.78 is 1.52. The zero-order valence-corrected chi connectivity index (χ0v) is 15.2. The van der Waals surface area contributed by atoms with E-state index in [4.69, 9.17) is 5.73 Å². The number of hydrogen-bond acceptors (Lipinski definition) is 4. The average molecular weight is 355 g/mol. The van der Waals surface area contributed by atoms with Crippen molar-refractivity contribution in [3.8, 4) is 0 Å². The molecule has 2 aromatic heterocycles. The molecule has 2 atom stereocenters. The van der Waals surface area contributed by atoms with Gasteiger partial charge < -0.3 is 15.7 Å². The molecule has 0 amide bonds. The first-order chi connectivity index (χ1) is 12.4. The Balaban J connectivity index is 1.88. The number of carboxylic acid groups (broad SMARTS) is 1. The van der Waals surface area contributed by atoms with Gasteiger partial charge in [-0.05, 0) is 68.2 Å². The zero-order valence-electron chi connectivity index (χ0n) is 15.2. The second kappa shape index (κ2) is 6.13. The Kier molecular flexibility index (Phi) is 4.03. The van der Waals surface area contributed by atoms with E-state index in [1.807, 2.05) is 13.0 Å². The van der Waals surface area contributed by atoms with Gasteiger partial charge in [0, 0.05) is 31.0 Å². The van der Waals surface area contributed by atoms with Crippen LogP contribution in [0, 0.1) is 12.8 Å². The molecular weight excluding hydrogens is 330 g/mol. The first-order valence-electron chi connectivity index (χ1n) is 9.31. The SMILES string of the molecule is Cc1c(N2CC[C@@H]([C@H](C)N)C2)ccn2c(=O)c(C(=O)O)cc(C3CC3)c12. The van der Waals surface area contributed by atoms with Crippen LogP contribution < -0.4 is 16.2 Å². The van der Waals surface area contributed by atoms with Crippen molar-refractivity contribution in [1.82, 2.24) is 4.40 Å². The Morgan fingerprint density at radius 1 is 1.35 bits per heavy atom. The fourth-order valence-electron chi connectivity index (χ4n) is 4.22. The molecule has 138 valence electrons. The molecule has 0 aromatic carbocycles. The van der Waals surface area contributed by atoms with Crippen LogP contribution in [0.3, 0.4) is 0 Å². The molecule has 2 fully saturated rings. The third-order valence-corrected chi connectivity index (χ3v) is 5.94. The standard InChI is InChI=1S/C20H25N3O3/c1-11-17(22-7-5-14(10-22)12(2)21)6-8-23-18(11)15(13-3-4-13)9-16(19(23)24)20(25)26/h6,8-9,12-14H,3-5,7,10,21H2,1-2H3,(H,25,26)/t12-,14+/m0/s1. The molecule has 6 nitrogen and oxygen atoms in total. The number of nitrogens with two attached hydrogens (primary N) is 1. The van der Waals surface area contributed by atoms with Crippen LogP contribution in [0.5, 0.6) is 0 Å². The van der Waals surface area contributed by atoms with E-state index < -0.39 is 11.5 Å².